The molecule has 0 saturated carbocycles. The van der Waals surface area contributed by atoms with E-state index >= 15 is 0 Å². The normalized spacial score (nSPS) is 12.5. The molecule has 4 N–H and O–H groups in total. The van der Waals surface area contributed by atoms with Gasteiger partial charge >= 0.3 is 0 Å². The third-order valence-corrected chi connectivity index (χ3v) is 2.30. The molecule has 0 aliphatic carbocycles. The fraction of sp³-hybridized carbons (Fsp3) is 0.455. The van der Waals surface area contributed by atoms with Crippen molar-refractivity contribution < 1.29 is 9.84 Å². The van der Waals surface area contributed by atoms with E-state index < -0.39 is 0 Å². The Hall–Kier alpha value is -1.26. The Kier molecular flexibility index (Phi) is 4.39. The van der Waals surface area contributed by atoms with Crippen molar-refractivity contribution in [2.75, 3.05) is 20.2 Å². The summed E-state index contributed by atoms with van der Waals surface area (Å²) in [6.07, 6.45) is 0. The molecule has 0 heterocycles. The molecule has 0 aliphatic heterocycles. The molecule has 0 radical (unpaired) electrons. The lowest BCUT2D eigenvalue weighted by Gasteiger charge is -2.15. The van der Waals surface area contributed by atoms with Crippen molar-refractivity contribution in [3.63, 3.8) is 0 Å². The van der Waals surface area contributed by atoms with E-state index in [-0.39, 0.29) is 11.8 Å². The summed E-state index contributed by atoms with van der Waals surface area (Å²) in [5.74, 6) is 1.01. The largest absolute Gasteiger partial charge is 0.508 e. The van der Waals surface area contributed by atoms with Crippen LogP contribution in [0.25, 0.3) is 0 Å². The van der Waals surface area contributed by atoms with Gasteiger partial charge in [0.15, 0.2) is 0 Å². The highest BCUT2D eigenvalue weighted by Crippen LogP contribution is 2.27. The molecule has 0 saturated heterocycles. The molecule has 0 spiro atoms. The van der Waals surface area contributed by atoms with E-state index in [4.69, 9.17) is 10.5 Å². The molecule has 0 aromatic heterocycles. The smallest absolute Gasteiger partial charge is 0.120 e. The molecule has 0 amide bonds. The van der Waals surface area contributed by atoms with Crippen molar-refractivity contribution in [2.24, 2.45) is 5.73 Å². The summed E-state index contributed by atoms with van der Waals surface area (Å²) >= 11 is 0. The number of nitrogens with one attached hydrogen (secondary N) is 1. The van der Waals surface area contributed by atoms with Gasteiger partial charge in [-0.3, -0.25) is 0 Å². The van der Waals surface area contributed by atoms with Crippen LogP contribution in [0.1, 0.15) is 18.5 Å². The predicted molar refractivity (Wildman–Crippen MR) is 60.1 cm³/mol. The quantitative estimate of drug-likeness (QED) is 0.678. The summed E-state index contributed by atoms with van der Waals surface area (Å²) in [6, 6.07) is 5.25. The fourth-order valence-corrected chi connectivity index (χ4v) is 1.42. The Morgan fingerprint density at radius 3 is 2.87 bits per heavy atom. The van der Waals surface area contributed by atoms with Crippen LogP contribution in [-0.2, 0) is 0 Å². The molecule has 1 aromatic rings. The van der Waals surface area contributed by atoms with Gasteiger partial charge in [0.2, 0.25) is 0 Å². The summed E-state index contributed by atoms with van der Waals surface area (Å²) < 4.78 is 5.10. The number of aromatic hydroxyl groups is 1. The number of hydrogen-bond acceptors (Lipinski definition) is 4. The van der Waals surface area contributed by atoms with E-state index in [1.54, 1.807) is 19.2 Å². The summed E-state index contributed by atoms with van der Waals surface area (Å²) in [7, 11) is 1.61. The third-order valence-electron chi connectivity index (χ3n) is 2.30. The lowest BCUT2D eigenvalue weighted by atomic mass is 10.1. The number of hydrogen-bond donors (Lipinski definition) is 3. The van der Waals surface area contributed by atoms with Crippen LogP contribution in [0.15, 0.2) is 18.2 Å². The fourth-order valence-electron chi connectivity index (χ4n) is 1.42. The average molecular weight is 210 g/mol. The molecule has 4 heteroatoms. The molecule has 1 unspecified atom stereocenters. The van der Waals surface area contributed by atoms with Gasteiger partial charge in [-0.25, -0.2) is 0 Å². The molecule has 0 aliphatic rings. The van der Waals surface area contributed by atoms with E-state index in [1.807, 2.05) is 13.0 Å². The molecular weight excluding hydrogens is 192 g/mol. The number of rotatable bonds is 5. The Morgan fingerprint density at radius 1 is 1.53 bits per heavy atom. The average Bonchev–Trinajstić information content (AvgIpc) is 2.26. The first-order chi connectivity index (χ1) is 7.19. The number of phenols is 1. The van der Waals surface area contributed by atoms with E-state index in [0.717, 1.165) is 17.9 Å². The maximum absolute atomic E-state index is 9.67. The maximum Gasteiger partial charge on any atom is 0.120 e. The molecule has 15 heavy (non-hydrogen) atoms. The summed E-state index contributed by atoms with van der Waals surface area (Å²) in [5, 5.41) is 12.9. The van der Waals surface area contributed by atoms with Gasteiger partial charge < -0.3 is 20.9 Å². The number of ether oxygens (including phenoxy) is 1. The molecule has 1 aromatic carbocycles. The number of benzene rings is 1. The van der Waals surface area contributed by atoms with Gasteiger partial charge in [-0.1, -0.05) is 0 Å². The minimum absolute atomic E-state index is 0.0589. The number of nitrogens with two attached hydrogens (primary N) is 1. The van der Waals surface area contributed by atoms with Crippen LogP contribution in [-0.4, -0.2) is 25.3 Å². The molecule has 0 bridgehead atoms. The van der Waals surface area contributed by atoms with Crippen LogP contribution in [0.4, 0.5) is 0 Å². The first-order valence-corrected chi connectivity index (χ1v) is 4.99. The topological polar surface area (TPSA) is 67.5 Å². The van der Waals surface area contributed by atoms with E-state index in [1.165, 1.54) is 0 Å². The Labute approximate surface area is 90.1 Å². The van der Waals surface area contributed by atoms with Crippen molar-refractivity contribution >= 4 is 0 Å². The lowest BCUT2D eigenvalue weighted by molar-refractivity contribution is 0.408. The highest BCUT2D eigenvalue weighted by Gasteiger charge is 2.10. The zero-order valence-corrected chi connectivity index (χ0v) is 9.16. The molecule has 84 valence electrons. The first kappa shape index (κ1) is 11.8. The summed E-state index contributed by atoms with van der Waals surface area (Å²) in [6.45, 7) is 3.27. The Balaban J connectivity index is 2.81. The Morgan fingerprint density at radius 2 is 2.27 bits per heavy atom. The highest BCUT2D eigenvalue weighted by atomic mass is 16.5. The van der Waals surface area contributed by atoms with Crippen LogP contribution < -0.4 is 15.8 Å². The second-order valence-corrected chi connectivity index (χ2v) is 3.39. The minimum atomic E-state index is 0.0589. The summed E-state index contributed by atoms with van der Waals surface area (Å²) in [5.41, 5.74) is 6.22. The molecular formula is C11H18N2O2. The minimum Gasteiger partial charge on any atom is -0.508 e. The summed E-state index contributed by atoms with van der Waals surface area (Å²) in [4.78, 5) is 0. The second kappa shape index (κ2) is 5.58. The second-order valence-electron chi connectivity index (χ2n) is 3.39. The standard InChI is InChI=1S/C11H18N2O2/c1-8(13-6-5-12)10-7-9(15-2)3-4-11(10)14/h3-4,7-8,13-14H,5-6,12H2,1-2H3. The van der Waals surface area contributed by atoms with E-state index in [9.17, 15) is 5.11 Å². The van der Waals surface area contributed by atoms with Gasteiger partial charge in [0.25, 0.3) is 0 Å². The van der Waals surface area contributed by atoms with Crippen LogP contribution >= 0.6 is 0 Å². The van der Waals surface area contributed by atoms with Crippen molar-refractivity contribution in [2.45, 2.75) is 13.0 Å². The van der Waals surface area contributed by atoms with Gasteiger partial charge in [0.05, 0.1) is 7.11 Å². The van der Waals surface area contributed by atoms with Crippen molar-refractivity contribution in [3.8, 4) is 11.5 Å². The van der Waals surface area contributed by atoms with Gasteiger partial charge in [-0.2, -0.15) is 0 Å². The van der Waals surface area contributed by atoms with E-state index in [0.29, 0.717) is 6.54 Å². The zero-order chi connectivity index (χ0) is 11.3. The van der Waals surface area contributed by atoms with E-state index in [2.05, 4.69) is 5.32 Å². The monoisotopic (exact) mass is 210 g/mol. The zero-order valence-electron chi connectivity index (χ0n) is 9.16. The van der Waals surface area contributed by atoms with Gasteiger partial charge in [-0.15, -0.1) is 0 Å². The predicted octanol–water partition coefficient (Wildman–Crippen LogP) is 1.01. The number of phenolic OH excluding ortho intramolecular Hbond substituents is 1. The van der Waals surface area contributed by atoms with Crippen LogP contribution in [0.3, 0.4) is 0 Å². The van der Waals surface area contributed by atoms with Crippen molar-refractivity contribution in [3.05, 3.63) is 23.8 Å². The van der Waals surface area contributed by atoms with Crippen LogP contribution in [0.2, 0.25) is 0 Å². The van der Waals surface area contributed by atoms with Crippen molar-refractivity contribution in [1.82, 2.24) is 5.32 Å². The number of methoxy groups -OCH3 is 1. The molecule has 4 nitrogen and oxygen atoms in total. The van der Waals surface area contributed by atoms with Crippen molar-refractivity contribution in [1.29, 1.82) is 0 Å². The maximum atomic E-state index is 9.67. The first-order valence-electron chi connectivity index (χ1n) is 4.99. The third kappa shape index (κ3) is 3.11. The Bertz CT molecular complexity index is 315. The van der Waals surface area contributed by atoms with Crippen LogP contribution in [0.5, 0.6) is 11.5 Å². The van der Waals surface area contributed by atoms with Crippen LogP contribution in [0, 0.1) is 0 Å². The SMILES string of the molecule is COc1ccc(O)c(C(C)NCCN)c1. The van der Waals surface area contributed by atoms with Gasteiger partial charge in [0.1, 0.15) is 11.5 Å². The lowest BCUT2D eigenvalue weighted by Crippen LogP contribution is -2.25. The molecule has 0 fully saturated rings. The molecule has 1 atom stereocenters. The van der Waals surface area contributed by atoms with Gasteiger partial charge in [0, 0.05) is 24.7 Å². The highest BCUT2D eigenvalue weighted by molar-refractivity contribution is 5.41. The van der Waals surface area contributed by atoms with Gasteiger partial charge in [-0.05, 0) is 25.1 Å². The molecule has 1 rings (SSSR count).